The summed E-state index contributed by atoms with van der Waals surface area (Å²) in [6.45, 7) is 2.22. The van der Waals surface area contributed by atoms with Crippen LogP contribution in [0.5, 0.6) is 0 Å². The summed E-state index contributed by atoms with van der Waals surface area (Å²) >= 11 is 0. The molecule has 0 aliphatic rings. The van der Waals surface area contributed by atoms with Crippen molar-refractivity contribution in [2.45, 2.75) is 51.9 Å². The van der Waals surface area contributed by atoms with Crippen LogP contribution in [0, 0.1) is 10.1 Å². The molecule has 20 heavy (non-hydrogen) atoms. The number of non-ortho nitro benzene ring substituents is 1. The molecule has 0 saturated heterocycles. The molecule has 0 saturated carbocycles. The summed E-state index contributed by atoms with van der Waals surface area (Å²) in [5.41, 5.74) is 1.66. The first kappa shape index (κ1) is 14.5. The van der Waals surface area contributed by atoms with Crippen LogP contribution in [0.2, 0.25) is 0 Å². The number of aromatic amines is 1. The predicted octanol–water partition coefficient (Wildman–Crippen LogP) is 4.37. The number of H-pyrrole nitrogens is 1. The molecule has 0 fully saturated rings. The predicted molar refractivity (Wildman–Crippen MR) is 79.8 cm³/mol. The molecule has 1 N–H and O–H groups in total. The van der Waals surface area contributed by atoms with E-state index in [2.05, 4.69) is 16.9 Å². The molecule has 0 bridgehead atoms. The molecule has 5 heteroatoms. The van der Waals surface area contributed by atoms with Crippen LogP contribution in [0.15, 0.2) is 18.2 Å². The maximum Gasteiger partial charge on any atom is 0.271 e. The minimum absolute atomic E-state index is 0.104. The number of rotatable bonds is 8. The van der Waals surface area contributed by atoms with Gasteiger partial charge >= 0.3 is 0 Å². The van der Waals surface area contributed by atoms with E-state index in [1.165, 1.54) is 38.2 Å². The zero-order chi connectivity index (χ0) is 14.4. The van der Waals surface area contributed by atoms with E-state index in [0.717, 1.165) is 29.7 Å². The largest absolute Gasteiger partial charge is 0.342 e. The summed E-state index contributed by atoms with van der Waals surface area (Å²) in [5, 5.41) is 10.7. The Morgan fingerprint density at radius 1 is 1.20 bits per heavy atom. The zero-order valence-electron chi connectivity index (χ0n) is 11.9. The summed E-state index contributed by atoms with van der Waals surface area (Å²) in [6.07, 6.45) is 8.41. The minimum Gasteiger partial charge on any atom is -0.342 e. The van der Waals surface area contributed by atoms with E-state index in [1.807, 2.05) is 0 Å². The second-order valence-electron chi connectivity index (χ2n) is 5.16. The third-order valence-electron chi connectivity index (χ3n) is 3.49. The molecule has 2 aromatic rings. The van der Waals surface area contributed by atoms with E-state index < -0.39 is 0 Å². The van der Waals surface area contributed by atoms with E-state index >= 15 is 0 Å². The molecule has 0 aliphatic carbocycles. The molecule has 108 valence electrons. The summed E-state index contributed by atoms with van der Waals surface area (Å²) in [6, 6.07) is 4.75. The van der Waals surface area contributed by atoms with Crippen molar-refractivity contribution >= 4 is 16.7 Å². The van der Waals surface area contributed by atoms with Crippen LogP contribution in [0.1, 0.15) is 51.3 Å². The second-order valence-corrected chi connectivity index (χ2v) is 5.16. The van der Waals surface area contributed by atoms with Crippen LogP contribution >= 0.6 is 0 Å². The number of imidazole rings is 1. The molecule has 0 atom stereocenters. The van der Waals surface area contributed by atoms with Gasteiger partial charge in [0, 0.05) is 18.6 Å². The number of nitrogens with zero attached hydrogens (tertiary/aromatic N) is 2. The maximum absolute atomic E-state index is 10.7. The molecular formula is C15H21N3O2. The lowest BCUT2D eigenvalue weighted by Crippen LogP contribution is -1.88. The SMILES string of the molecule is CCCCCCCCc1nc2ccc([N+](=O)[O-])cc2[nH]1. The first-order valence-electron chi connectivity index (χ1n) is 7.33. The summed E-state index contributed by atoms with van der Waals surface area (Å²) in [7, 11) is 0. The van der Waals surface area contributed by atoms with Gasteiger partial charge in [0.2, 0.25) is 0 Å². The third kappa shape index (κ3) is 3.79. The Morgan fingerprint density at radius 3 is 2.70 bits per heavy atom. The minimum atomic E-state index is -0.381. The number of unbranched alkanes of at least 4 members (excludes halogenated alkanes) is 5. The van der Waals surface area contributed by atoms with Crippen molar-refractivity contribution in [2.75, 3.05) is 0 Å². The van der Waals surface area contributed by atoms with Gasteiger partial charge in [-0.05, 0) is 12.5 Å². The van der Waals surface area contributed by atoms with Gasteiger partial charge in [0.25, 0.3) is 5.69 Å². The van der Waals surface area contributed by atoms with E-state index in [0.29, 0.717) is 0 Å². The Kier molecular flexibility index (Phi) is 5.09. The third-order valence-corrected chi connectivity index (χ3v) is 3.49. The average Bonchev–Trinajstić information content (AvgIpc) is 2.84. The van der Waals surface area contributed by atoms with Gasteiger partial charge in [-0.3, -0.25) is 10.1 Å². The highest BCUT2D eigenvalue weighted by atomic mass is 16.6. The van der Waals surface area contributed by atoms with Crippen molar-refractivity contribution in [1.29, 1.82) is 0 Å². The topological polar surface area (TPSA) is 71.8 Å². The molecule has 2 rings (SSSR count). The van der Waals surface area contributed by atoms with Gasteiger partial charge in [0.1, 0.15) is 5.82 Å². The number of nitro groups is 1. The van der Waals surface area contributed by atoms with Crippen LogP contribution in [0.4, 0.5) is 5.69 Å². The number of benzene rings is 1. The molecule has 5 nitrogen and oxygen atoms in total. The normalized spacial score (nSPS) is 11.1. The van der Waals surface area contributed by atoms with Gasteiger partial charge in [-0.1, -0.05) is 39.0 Å². The molecule has 1 heterocycles. The van der Waals surface area contributed by atoms with E-state index in [1.54, 1.807) is 12.1 Å². The van der Waals surface area contributed by atoms with E-state index in [9.17, 15) is 10.1 Å². The molecule has 0 aliphatic heterocycles. The van der Waals surface area contributed by atoms with E-state index in [-0.39, 0.29) is 10.6 Å². The van der Waals surface area contributed by atoms with Crippen molar-refractivity contribution in [2.24, 2.45) is 0 Å². The molecule has 0 radical (unpaired) electrons. The number of hydrogen-bond acceptors (Lipinski definition) is 3. The van der Waals surface area contributed by atoms with Crippen LogP contribution < -0.4 is 0 Å². The molecule has 0 unspecified atom stereocenters. The van der Waals surface area contributed by atoms with Crippen molar-refractivity contribution in [1.82, 2.24) is 9.97 Å². The Balaban J connectivity index is 1.89. The first-order chi connectivity index (χ1) is 9.70. The molecule has 1 aromatic heterocycles. The summed E-state index contributed by atoms with van der Waals surface area (Å²) < 4.78 is 0. The van der Waals surface area contributed by atoms with Crippen LogP contribution in [-0.2, 0) is 6.42 Å². The van der Waals surface area contributed by atoms with Gasteiger partial charge in [0.15, 0.2) is 0 Å². The summed E-state index contributed by atoms with van der Waals surface area (Å²) in [4.78, 5) is 18.0. The van der Waals surface area contributed by atoms with Crippen molar-refractivity contribution in [3.8, 4) is 0 Å². The number of fused-ring (bicyclic) bond motifs is 1. The molecule has 0 amide bonds. The number of nitro benzene ring substituents is 1. The Hall–Kier alpha value is -1.91. The van der Waals surface area contributed by atoms with Crippen LogP contribution in [0.3, 0.4) is 0 Å². The van der Waals surface area contributed by atoms with Gasteiger partial charge in [0.05, 0.1) is 16.0 Å². The quantitative estimate of drug-likeness (QED) is 0.441. The number of aromatic nitrogens is 2. The second kappa shape index (κ2) is 7.03. The highest BCUT2D eigenvalue weighted by molar-refractivity contribution is 5.77. The Labute approximate surface area is 118 Å². The average molecular weight is 275 g/mol. The fraction of sp³-hybridized carbons (Fsp3) is 0.533. The maximum atomic E-state index is 10.7. The lowest BCUT2D eigenvalue weighted by atomic mass is 10.1. The first-order valence-corrected chi connectivity index (χ1v) is 7.33. The van der Waals surface area contributed by atoms with Gasteiger partial charge in [-0.2, -0.15) is 0 Å². The molecular weight excluding hydrogens is 254 g/mol. The van der Waals surface area contributed by atoms with Crippen molar-refractivity contribution in [3.63, 3.8) is 0 Å². The summed E-state index contributed by atoms with van der Waals surface area (Å²) in [5.74, 6) is 0.927. The Morgan fingerprint density at radius 2 is 1.95 bits per heavy atom. The van der Waals surface area contributed by atoms with Crippen LogP contribution in [0.25, 0.3) is 11.0 Å². The van der Waals surface area contributed by atoms with Crippen molar-refractivity contribution < 1.29 is 4.92 Å². The highest BCUT2D eigenvalue weighted by Gasteiger charge is 2.09. The zero-order valence-corrected chi connectivity index (χ0v) is 11.9. The van der Waals surface area contributed by atoms with E-state index in [4.69, 9.17) is 0 Å². The molecule has 0 spiro atoms. The smallest absolute Gasteiger partial charge is 0.271 e. The van der Waals surface area contributed by atoms with Gasteiger partial charge < -0.3 is 4.98 Å². The fourth-order valence-electron chi connectivity index (χ4n) is 2.36. The Bertz CT molecular complexity index is 578. The monoisotopic (exact) mass is 275 g/mol. The van der Waals surface area contributed by atoms with Crippen molar-refractivity contribution in [3.05, 3.63) is 34.1 Å². The fourth-order valence-corrected chi connectivity index (χ4v) is 2.36. The van der Waals surface area contributed by atoms with Gasteiger partial charge in [-0.25, -0.2) is 4.98 Å². The highest BCUT2D eigenvalue weighted by Crippen LogP contribution is 2.19. The number of nitrogens with one attached hydrogen (secondary N) is 1. The lowest BCUT2D eigenvalue weighted by molar-refractivity contribution is -0.384. The van der Waals surface area contributed by atoms with Crippen LogP contribution in [-0.4, -0.2) is 14.9 Å². The lowest BCUT2D eigenvalue weighted by Gasteiger charge is -1.98. The van der Waals surface area contributed by atoms with Gasteiger partial charge in [-0.15, -0.1) is 0 Å². The number of hydrogen-bond donors (Lipinski definition) is 1. The standard InChI is InChI=1S/C15H21N3O2/c1-2-3-4-5-6-7-8-15-16-13-10-9-12(18(19)20)11-14(13)17-15/h9-11H,2-8H2,1H3,(H,16,17). The number of aryl methyl sites for hydroxylation is 1. The molecule has 1 aromatic carbocycles.